The third-order valence-electron chi connectivity index (χ3n) is 7.77. The van der Waals surface area contributed by atoms with Crippen LogP contribution in [0.4, 0.5) is 10.2 Å². The van der Waals surface area contributed by atoms with Crippen LogP contribution in [0.5, 0.6) is 0 Å². The second kappa shape index (κ2) is 12.0. The zero-order valence-electron chi connectivity index (χ0n) is 22.9. The van der Waals surface area contributed by atoms with E-state index >= 15 is 0 Å². The predicted molar refractivity (Wildman–Crippen MR) is 159 cm³/mol. The summed E-state index contributed by atoms with van der Waals surface area (Å²) in [6.45, 7) is 1.58. The number of ether oxygens (including phenoxy) is 1. The molecule has 2 aromatic carbocycles. The third-order valence-corrected chi connectivity index (χ3v) is 8.07. The lowest BCUT2D eigenvalue weighted by Crippen LogP contribution is -2.44. The zero-order chi connectivity index (χ0) is 28.3. The number of rotatable bonds is 9. The molecule has 0 spiro atoms. The van der Waals surface area contributed by atoms with Crippen LogP contribution < -0.4 is 21.6 Å². The summed E-state index contributed by atoms with van der Waals surface area (Å²) in [6, 6.07) is 15.4. The molecule has 0 saturated heterocycles. The molecule has 0 amide bonds. The van der Waals surface area contributed by atoms with Gasteiger partial charge in [0.1, 0.15) is 18.4 Å². The van der Waals surface area contributed by atoms with Crippen molar-refractivity contribution in [2.24, 2.45) is 5.73 Å². The molecule has 214 valence electrons. The van der Waals surface area contributed by atoms with Crippen LogP contribution in [-0.2, 0) is 11.3 Å². The number of nitrogens with zero attached hydrogens (tertiary/aromatic N) is 5. The molecule has 4 aromatic rings. The summed E-state index contributed by atoms with van der Waals surface area (Å²) >= 11 is 6.76. The summed E-state index contributed by atoms with van der Waals surface area (Å²) in [5.74, 6) is 0.602. The van der Waals surface area contributed by atoms with Gasteiger partial charge in [-0.1, -0.05) is 29.8 Å². The monoisotopic (exact) mass is 576 g/mol. The van der Waals surface area contributed by atoms with Gasteiger partial charge in [0.05, 0.1) is 34.6 Å². The van der Waals surface area contributed by atoms with Crippen LogP contribution in [0.3, 0.4) is 0 Å². The summed E-state index contributed by atoms with van der Waals surface area (Å²) in [5.41, 5.74) is 18.1. The van der Waals surface area contributed by atoms with E-state index in [2.05, 4.69) is 33.0 Å². The number of pyridine rings is 1. The minimum absolute atomic E-state index is 0.244. The van der Waals surface area contributed by atoms with Crippen LogP contribution in [0, 0.1) is 5.82 Å². The minimum atomic E-state index is -0.251. The first-order valence-corrected chi connectivity index (χ1v) is 14.2. The van der Waals surface area contributed by atoms with Crippen molar-refractivity contribution in [2.75, 3.05) is 25.3 Å². The summed E-state index contributed by atoms with van der Waals surface area (Å²) in [5, 5.41) is 2.42. The molecule has 0 bridgehead atoms. The van der Waals surface area contributed by atoms with Crippen molar-refractivity contribution in [3.05, 3.63) is 89.4 Å². The SMILES string of the molecule is COCN1C=C(CN(c2cc(-c3ccc4ncn(Cc5cccc(F)c5)c4c3)c(Cl)cn2)C2CCC(N)CC2)NN1. The lowest BCUT2D eigenvalue weighted by Gasteiger charge is -2.37. The zero-order valence-corrected chi connectivity index (χ0v) is 23.7. The lowest BCUT2D eigenvalue weighted by atomic mass is 9.90. The number of nitrogens with one attached hydrogen (secondary N) is 2. The summed E-state index contributed by atoms with van der Waals surface area (Å²) in [6.07, 6.45) is 9.48. The number of fused-ring (bicyclic) bond motifs is 1. The van der Waals surface area contributed by atoms with E-state index in [9.17, 15) is 4.39 Å². The van der Waals surface area contributed by atoms with Gasteiger partial charge in [0.15, 0.2) is 0 Å². The van der Waals surface area contributed by atoms with Crippen molar-refractivity contribution in [2.45, 2.75) is 44.3 Å². The quantitative estimate of drug-likeness (QED) is 0.262. The summed E-state index contributed by atoms with van der Waals surface area (Å²) in [4.78, 5) is 11.7. The van der Waals surface area contributed by atoms with Crippen LogP contribution in [0.25, 0.3) is 22.2 Å². The normalized spacial score (nSPS) is 18.9. The number of anilines is 1. The van der Waals surface area contributed by atoms with Crippen LogP contribution in [0.1, 0.15) is 31.2 Å². The second-order valence-electron chi connectivity index (χ2n) is 10.7. The van der Waals surface area contributed by atoms with Gasteiger partial charge < -0.3 is 25.4 Å². The number of imidazole rings is 1. The number of halogens is 2. The molecular weight excluding hydrogens is 543 g/mol. The number of benzene rings is 2. The van der Waals surface area contributed by atoms with Gasteiger partial charge in [0, 0.05) is 43.7 Å². The fourth-order valence-electron chi connectivity index (χ4n) is 5.67. The summed E-state index contributed by atoms with van der Waals surface area (Å²) in [7, 11) is 1.66. The fraction of sp³-hybridized carbons (Fsp3) is 0.333. The van der Waals surface area contributed by atoms with E-state index in [0.717, 1.165) is 64.9 Å². The molecule has 0 unspecified atom stereocenters. The minimum Gasteiger partial charge on any atom is -0.363 e. The van der Waals surface area contributed by atoms with Crippen LogP contribution in [0.15, 0.2) is 73.0 Å². The van der Waals surface area contributed by atoms with Crippen molar-refractivity contribution in [1.29, 1.82) is 0 Å². The van der Waals surface area contributed by atoms with Crippen molar-refractivity contribution < 1.29 is 9.13 Å². The van der Waals surface area contributed by atoms with Crippen LogP contribution >= 0.6 is 11.6 Å². The average Bonchev–Trinajstić information content (AvgIpc) is 3.59. The predicted octanol–water partition coefficient (Wildman–Crippen LogP) is 4.79. The molecule has 2 aromatic heterocycles. The number of aromatic nitrogens is 3. The highest BCUT2D eigenvalue weighted by Gasteiger charge is 2.28. The van der Waals surface area contributed by atoms with Crippen molar-refractivity contribution in [3.8, 4) is 11.1 Å². The Labute approximate surface area is 243 Å². The van der Waals surface area contributed by atoms with Gasteiger partial charge in [-0.25, -0.2) is 14.4 Å². The highest BCUT2D eigenvalue weighted by atomic mass is 35.5. The maximum absolute atomic E-state index is 13.8. The molecule has 0 radical (unpaired) electrons. The van der Waals surface area contributed by atoms with Gasteiger partial charge >= 0.3 is 0 Å². The highest BCUT2D eigenvalue weighted by molar-refractivity contribution is 6.33. The first-order chi connectivity index (χ1) is 20.0. The molecule has 3 heterocycles. The molecule has 1 saturated carbocycles. The molecule has 1 aliphatic heterocycles. The van der Waals surface area contributed by atoms with Gasteiger partial charge in [0.2, 0.25) is 0 Å². The molecule has 4 N–H and O–H groups in total. The Morgan fingerprint density at radius 3 is 2.78 bits per heavy atom. The van der Waals surface area contributed by atoms with E-state index in [4.69, 9.17) is 27.1 Å². The average molecular weight is 577 g/mol. The van der Waals surface area contributed by atoms with Gasteiger partial charge in [-0.15, -0.1) is 5.53 Å². The van der Waals surface area contributed by atoms with E-state index in [0.29, 0.717) is 30.9 Å². The van der Waals surface area contributed by atoms with Crippen molar-refractivity contribution in [3.63, 3.8) is 0 Å². The molecule has 41 heavy (non-hydrogen) atoms. The maximum atomic E-state index is 13.8. The van der Waals surface area contributed by atoms with Gasteiger partial charge in [-0.3, -0.25) is 5.01 Å². The van der Waals surface area contributed by atoms with Crippen LogP contribution in [-0.4, -0.2) is 52.0 Å². The Morgan fingerprint density at radius 1 is 1.12 bits per heavy atom. The molecule has 1 fully saturated rings. The molecule has 1 aliphatic carbocycles. The number of hydrazine groups is 2. The van der Waals surface area contributed by atoms with Gasteiger partial charge in [-0.05, 0) is 67.1 Å². The van der Waals surface area contributed by atoms with Crippen molar-refractivity contribution in [1.82, 2.24) is 30.5 Å². The lowest BCUT2D eigenvalue weighted by molar-refractivity contribution is 0.0646. The molecule has 0 atom stereocenters. The smallest absolute Gasteiger partial charge is 0.134 e. The van der Waals surface area contributed by atoms with E-state index < -0.39 is 0 Å². The number of hydrogen-bond acceptors (Lipinski definition) is 8. The van der Waals surface area contributed by atoms with Gasteiger partial charge in [-0.2, -0.15) is 0 Å². The second-order valence-corrected chi connectivity index (χ2v) is 11.1. The number of methoxy groups -OCH3 is 1. The third kappa shape index (κ3) is 6.15. The largest absolute Gasteiger partial charge is 0.363 e. The summed E-state index contributed by atoms with van der Waals surface area (Å²) < 4.78 is 21.1. The van der Waals surface area contributed by atoms with Gasteiger partial charge in [0.25, 0.3) is 0 Å². The first kappa shape index (κ1) is 27.5. The molecular formula is C30H34ClFN8O. The Bertz CT molecular complexity index is 1550. The number of hydrogen-bond donors (Lipinski definition) is 3. The number of nitrogens with two attached hydrogens (primary N) is 1. The van der Waals surface area contributed by atoms with E-state index in [-0.39, 0.29) is 11.9 Å². The Morgan fingerprint density at radius 2 is 1.98 bits per heavy atom. The maximum Gasteiger partial charge on any atom is 0.134 e. The van der Waals surface area contributed by atoms with Crippen molar-refractivity contribution >= 4 is 28.5 Å². The van der Waals surface area contributed by atoms with E-state index in [1.165, 1.54) is 6.07 Å². The molecule has 2 aliphatic rings. The van der Waals surface area contributed by atoms with E-state index in [1.807, 2.05) is 34.0 Å². The Kier molecular flexibility index (Phi) is 8.06. The first-order valence-electron chi connectivity index (χ1n) is 13.8. The van der Waals surface area contributed by atoms with Crippen LogP contribution in [0.2, 0.25) is 5.02 Å². The molecule has 6 rings (SSSR count). The Hall–Kier alpha value is -3.70. The standard InChI is InChI=1S/C30H34ClFN8O/c1-41-19-39-16-24(36-37-39)17-40(25-8-6-23(33)7-9-25)30-13-26(27(31)14-34-30)21-5-10-28-29(12-21)38(18-35-28)15-20-3-2-4-22(32)11-20/h2-5,10-14,16,18,23,25,36-37H,6-9,15,17,19,33H2,1H3. The fourth-order valence-corrected chi connectivity index (χ4v) is 5.88. The highest BCUT2D eigenvalue weighted by Crippen LogP contribution is 2.35. The molecule has 9 nitrogen and oxygen atoms in total. The van der Waals surface area contributed by atoms with E-state index in [1.54, 1.807) is 31.8 Å². The Balaban J connectivity index is 1.33. The molecule has 11 heteroatoms. The topological polar surface area (TPSA) is 96.5 Å².